The minimum absolute atomic E-state index is 0.578. The quantitative estimate of drug-likeness (QED) is 0.856. The highest BCUT2D eigenvalue weighted by molar-refractivity contribution is 7.09. The van der Waals surface area contributed by atoms with Crippen LogP contribution in [0.3, 0.4) is 0 Å². The van der Waals surface area contributed by atoms with Crippen molar-refractivity contribution in [1.82, 2.24) is 10.3 Å². The van der Waals surface area contributed by atoms with Crippen LogP contribution in [-0.4, -0.2) is 17.6 Å². The molecule has 0 amide bonds. The number of hydrogen-bond donors (Lipinski definition) is 1. The van der Waals surface area contributed by atoms with Crippen molar-refractivity contribution in [3.05, 3.63) is 16.1 Å². The summed E-state index contributed by atoms with van der Waals surface area (Å²) >= 11 is 1.84. The van der Waals surface area contributed by atoms with Crippen molar-refractivity contribution in [1.29, 1.82) is 0 Å². The molecule has 1 heterocycles. The number of nitrogens with one attached hydrogen (secondary N) is 1. The SMILES string of the molecule is Cc1ncsc1CCC1(CNC(C)C)CC2CC2C1. The van der Waals surface area contributed by atoms with E-state index in [1.165, 1.54) is 49.2 Å². The Labute approximate surface area is 121 Å². The van der Waals surface area contributed by atoms with Gasteiger partial charge < -0.3 is 5.32 Å². The summed E-state index contributed by atoms with van der Waals surface area (Å²) in [7, 11) is 0. The molecule has 2 aliphatic carbocycles. The number of hydrogen-bond acceptors (Lipinski definition) is 3. The van der Waals surface area contributed by atoms with Gasteiger partial charge in [-0.25, -0.2) is 4.98 Å². The zero-order valence-electron chi connectivity index (χ0n) is 12.4. The minimum atomic E-state index is 0.578. The summed E-state index contributed by atoms with van der Waals surface area (Å²) in [6, 6.07) is 0.610. The average molecular weight is 278 g/mol. The Morgan fingerprint density at radius 1 is 1.42 bits per heavy atom. The predicted octanol–water partition coefficient (Wildman–Crippen LogP) is 3.80. The van der Waals surface area contributed by atoms with Gasteiger partial charge in [0.15, 0.2) is 0 Å². The standard InChI is InChI=1S/C16H26N2S/c1-11(2)17-9-16(7-13-6-14(13)8-16)5-4-15-12(3)18-10-19-15/h10-11,13-14,17H,4-9H2,1-3H3. The van der Waals surface area contributed by atoms with Crippen LogP contribution >= 0.6 is 11.3 Å². The van der Waals surface area contributed by atoms with Crippen LogP contribution in [0.4, 0.5) is 0 Å². The molecular formula is C16H26N2S. The van der Waals surface area contributed by atoms with Gasteiger partial charge >= 0.3 is 0 Å². The zero-order chi connectivity index (χ0) is 13.5. The smallest absolute Gasteiger partial charge is 0.0797 e. The first-order chi connectivity index (χ1) is 9.08. The maximum absolute atomic E-state index is 4.39. The molecule has 1 aromatic rings. The Balaban J connectivity index is 1.61. The van der Waals surface area contributed by atoms with E-state index < -0.39 is 0 Å². The van der Waals surface area contributed by atoms with Gasteiger partial charge in [0, 0.05) is 17.5 Å². The molecule has 2 unspecified atom stereocenters. The summed E-state index contributed by atoms with van der Waals surface area (Å²) < 4.78 is 0. The predicted molar refractivity (Wildman–Crippen MR) is 81.6 cm³/mol. The van der Waals surface area contributed by atoms with Gasteiger partial charge in [0.2, 0.25) is 0 Å². The fraction of sp³-hybridized carbons (Fsp3) is 0.812. The van der Waals surface area contributed by atoms with Crippen LogP contribution in [-0.2, 0) is 6.42 Å². The van der Waals surface area contributed by atoms with E-state index in [1.54, 1.807) is 0 Å². The second-order valence-electron chi connectivity index (χ2n) is 7.06. The molecule has 2 aliphatic rings. The third kappa shape index (κ3) is 3.03. The number of rotatable bonds is 6. The first kappa shape index (κ1) is 13.6. The van der Waals surface area contributed by atoms with E-state index in [0.29, 0.717) is 11.5 Å². The lowest BCUT2D eigenvalue weighted by molar-refractivity contribution is 0.224. The molecule has 2 saturated carbocycles. The minimum Gasteiger partial charge on any atom is -0.314 e. The van der Waals surface area contributed by atoms with Crippen LogP contribution in [0.2, 0.25) is 0 Å². The van der Waals surface area contributed by atoms with Crippen molar-refractivity contribution in [2.75, 3.05) is 6.54 Å². The topological polar surface area (TPSA) is 24.9 Å². The van der Waals surface area contributed by atoms with Crippen LogP contribution < -0.4 is 5.32 Å². The number of thiazole rings is 1. The molecule has 106 valence electrons. The van der Waals surface area contributed by atoms with Crippen molar-refractivity contribution < 1.29 is 0 Å². The number of aryl methyl sites for hydroxylation is 2. The third-order valence-corrected chi connectivity index (χ3v) is 6.07. The Morgan fingerprint density at radius 2 is 2.16 bits per heavy atom. The molecule has 19 heavy (non-hydrogen) atoms. The Kier molecular flexibility index (Phi) is 3.69. The Hall–Kier alpha value is -0.410. The summed E-state index contributed by atoms with van der Waals surface area (Å²) in [4.78, 5) is 5.89. The van der Waals surface area contributed by atoms with Crippen molar-refractivity contribution in [3.63, 3.8) is 0 Å². The van der Waals surface area contributed by atoms with Crippen molar-refractivity contribution in [2.45, 2.75) is 58.9 Å². The van der Waals surface area contributed by atoms with Crippen molar-refractivity contribution in [3.8, 4) is 0 Å². The van der Waals surface area contributed by atoms with Crippen LogP contribution in [0, 0.1) is 24.2 Å². The lowest BCUT2D eigenvalue weighted by Crippen LogP contribution is -2.37. The largest absolute Gasteiger partial charge is 0.314 e. The maximum atomic E-state index is 4.39. The number of aromatic nitrogens is 1. The van der Waals surface area contributed by atoms with Gasteiger partial charge in [-0.1, -0.05) is 13.8 Å². The molecule has 2 nitrogen and oxygen atoms in total. The molecule has 2 atom stereocenters. The highest BCUT2D eigenvalue weighted by Gasteiger charge is 2.53. The lowest BCUT2D eigenvalue weighted by atomic mass is 9.78. The maximum Gasteiger partial charge on any atom is 0.0797 e. The second-order valence-corrected chi connectivity index (χ2v) is 8.00. The first-order valence-corrected chi connectivity index (χ1v) is 8.58. The summed E-state index contributed by atoms with van der Waals surface area (Å²) in [6.07, 6.45) is 7.03. The molecule has 3 rings (SSSR count). The van der Waals surface area contributed by atoms with E-state index in [-0.39, 0.29) is 0 Å². The van der Waals surface area contributed by atoms with Crippen LogP contribution in [0.25, 0.3) is 0 Å². The fourth-order valence-electron chi connectivity index (χ4n) is 3.81. The fourth-order valence-corrected chi connectivity index (χ4v) is 4.59. The van der Waals surface area contributed by atoms with Gasteiger partial charge in [-0.05, 0) is 56.3 Å². The third-order valence-electron chi connectivity index (χ3n) is 5.07. The second kappa shape index (κ2) is 5.17. The number of nitrogens with zero attached hydrogens (tertiary/aromatic N) is 1. The van der Waals surface area contributed by atoms with Crippen molar-refractivity contribution >= 4 is 11.3 Å². The van der Waals surface area contributed by atoms with Gasteiger partial charge in [0.05, 0.1) is 11.2 Å². The van der Waals surface area contributed by atoms with E-state index >= 15 is 0 Å². The molecule has 2 fully saturated rings. The van der Waals surface area contributed by atoms with E-state index in [2.05, 4.69) is 31.1 Å². The molecule has 1 N–H and O–H groups in total. The zero-order valence-corrected chi connectivity index (χ0v) is 13.2. The van der Waals surface area contributed by atoms with Crippen molar-refractivity contribution in [2.24, 2.45) is 17.3 Å². The van der Waals surface area contributed by atoms with E-state index in [0.717, 1.165) is 11.8 Å². The van der Waals surface area contributed by atoms with Crippen LogP contribution in [0.5, 0.6) is 0 Å². The molecule has 3 heteroatoms. The van der Waals surface area contributed by atoms with E-state index in [9.17, 15) is 0 Å². The van der Waals surface area contributed by atoms with E-state index in [1.807, 2.05) is 16.8 Å². The molecule has 0 radical (unpaired) electrons. The summed E-state index contributed by atoms with van der Waals surface area (Å²) in [5.41, 5.74) is 3.82. The normalized spacial score (nSPS) is 32.8. The monoisotopic (exact) mass is 278 g/mol. The first-order valence-electron chi connectivity index (χ1n) is 7.70. The molecule has 0 aromatic carbocycles. The summed E-state index contributed by atoms with van der Waals surface area (Å²) in [5.74, 6) is 2.13. The van der Waals surface area contributed by atoms with Gasteiger partial charge in [0.25, 0.3) is 0 Å². The average Bonchev–Trinajstić information content (AvgIpc) is 2.81. The summed E-state index contributed by atoms with van der Waals surface area (Å²) in [6.45, 7) is 7.89. The molecular weight excluding hydrogens is 252 g/mol. The van der Waals surface area contributed by atoms with Gasteiger partial charge in [-0.3, -0.25) is 0 Å². The highest BCUT2D eigenvalue weighted by Crippen LogP contribution is 2.61. The molecule has 0 aliphatic heterocycles. The van der Waals surface area contributed by atoms with E-state index in [4.69, 9.17) is 0 Å². The molecule has 0 saturated heterocycles. The van der Waals surface area contributed by atoms with Gasteiger partial charge in [-0.15, -0.1) is 11.3 Å². The highest BCUT2D eigenvalue weighted by atomic mass is 32.1. The Morgan fingerprint density at radius 3 is 2.74 bits per heavy atom. The molecule has 0 spiro atoms. The lowest BCUT2D eigenvalue weighted by Gasteiger charge is -2.32. The van der Waals surface area contributed by atoms with Gasteiger partial charge in [0.1, 0.15) is 0 Å². The molecule has 0 bridgehead atoms. The molecule has 1 aromatic heterocycles. The Bertz CT molecular complexity index is 428. The van der Waals surface area contributed by atoms with Crippen LogP contribution in [0.1, 0.15) is 50.1 Å². The summed E-state index contributed by atoms with van der Waals surface area (Å²) in [5, 5.41) is 3.70. The van der Waals surface area contributed by atoms with Gasteiger partial charge in [-0.2, -0.15) is 0 Å². The number of fused-ring (bicyclic) bond motifs is 1. The van der Waals surface area contributed by atoms with Crippen LogP contribution in [0.15, 0.2) is 5.51 Å².